The quantitative estimate of drug-likeness (QED) is 0.540. The third-order valence-electron chi connectivity index (χ3n) is 3.40. The van der Waals surface area contributed by atoms with Gasteiger partial charge in [-0.1, -0.05) is 0 Å². The van der Waals surface area contributed by atoms with Gasteiger partial charge in [0.15, 0.2) is 0 Å². The van der Waals surface area contributed by atoms with Crippen molar-refractivity contribution in [2.75, 3.05) is 0 Å². The molecule has 1 nitrogen and oxygen atoms in total. The van der Waals surface area contributed by atoms with Crippen molar-refractivity contribution < 1.29 is 4.74 Å². The Labute approximate surface area is 74.5 Å². The Kier molecular flexibility index (Phi) is 1.70. The maximum atomic E-state index is 5.78. The summed E-state index contributed by atoms with van der Waals surface area (Å²) >= 11 is 0. The van der Waals surface area contributed by atoms with Crippen LogP contribution in [-0.2, 0) is 4.74 Å². The zero-order valence-electron chi connectivity index (χ0n) is 7.84. The second kappa shape index (κ2) is 2.50. The summed E-state index contributed by atoms with van der Waals surface area (Å²) in [6, 6.07) is 0. The number of rotatable bonds is 1. The minimum atomic E-state index is 0.0276. The summed E-state index contributed by atoms with van der Waals surface area (Å²) in [7, 11) is 0. The van der Waals surface area contributed by atoms with Crippen molar-refractivity contribution in [2.45, 2.75) is 45.3 Å². The summed E-state index contributed by atoms with van der Waals surface area (Å²) in [5, 5.41) is 0. The van der Waals surface area contributed by atoms with Crippen LogP contribution < -0.4 is 0 Å². The lowest BCUT2D eigenvalue weighted by molar-refractivity contribution is 0.0766. The van der Waals surface area contributed by atoms with E-state index < -0.39 is 0 Å². The first-order valence-electron chi connectivity index (χ1n) is 4.77. The van der Waals surface area contributed by atoms with Gasteiger partial charge in [0.2, 0.25) is 0 Å². The molecular formula is C11H16O. The molecule has 2 aliphatic rings. The Hall–Kier alpha value is -0.480. The van der Waals surface area contributed by atoms with Crippen LogP contribution in [0.1, 0.15) is 33.1 Å². The molecule has 2 fully saturated rings. The molecule has 2 aliphatic heterocycles. The standard InChI is InChI=1S/C11H16O/c1-4-11(2,3)9-7-8-5-6-10(9)12-8/h1,8-10H,5-7H2,2-3H3. The van der Waals surface area contributed by atoms with E-state index in [4.69, 9.17) is 11.2 Å². The molecule has 0 spiro atoms. The Morgan fingerprint density at radius 2 is 2.17 bits per heavy atom. The molecule has 12 heavy (non-hydrogen) atoms. The highest BCUT2D eigenvalue weighted by Gasteiger charge is 2.46. The zero-order valence-corrected chi connectivity index (χ0v) is 7.84. The second-order valence-corrected chi connectivity index (χ2v) is 4.58. The van der Waals surface area contributed by atoms with E-state index in [2.05, 4.69) is 19.8 Å². The van der Waals surface area contributed by atoms with E-state index in [1.54, 1.807) is 0 Å². The minimum absolute atomic E-state index is 0.0276. The highest BCUT2D eigenvalue weighted by atomic mass is 16.5. The van der Waals surface area contributed by atoms with Gasteiger partial charge in [-0.3, -0.25) is 0 Å². The third-order valence-corrected chi connectivity index (χ3v) is 3.40. The molecule has 3 atom stereocenters. The first-order chi connectivity index (χ1) is 5.63. The SMILES string of the molecule is C#CC(C)(C)C1CC2CCC1O2. The number of hydrogen-bond acceptors (Lipinski definition) is 1. The van der Waals surface area contributed by atoms with Crippen molar-refractivity contribution in [3.8, 4) is 12.3 Å². The molecule has 66 valence electrons. The van der Waals surface area contributed by atoms with E-state index in [0.29, 0.717) is 18.1 Å². The van der Waals surface area contributed by atoms with Gasteiger partial charge in [0, 0.05) is 11.3 Å². The summed E-state index contributed by atoms with van der Waals surface area (Å²) < 4.78 is 5.78. The number of hydrogen-bond donors (Lipinski definition) is 0. The van der Waals surface area contributed by atoms with Crippen molar-refractivity contribution >= 4 is 0 Å². The molecular weight excluding hydrogens is 148 g/mol. The lowest BCUT2D eigenvalue weighted by Gasteiger charge is -2.30. The molecule has 0 aliphatic carbocycles. The fraction of sp³-hybridized carbons (Fsp3) is 0.818. The Bertz CT molecular complexity index is 224. The van der Waals surface area contributed by atoms with Gasteiger partial charge in [0.25, 0.3) is 0 Å². The molecule has 2 rings (SSSR count). The fourth-order valence-electron chi connectivity index (χ4n) is 2.50. The summed E-state index contributed by atoms with van der Waals surface area (Å²) in [6.07, 6.45) is 10.1. The average molecular weight is 164 g/mol. The van der Waals surface area contributed by atoms with E-state index in [-0.39, 0.29) is 5.41 Å². The van der Waals surface area contributed by atoms with Gasteiger partial charge < -0.3 is 4.74 Å². The molecule has 0 N–H and O–H groups in total. The molecule has 2 saturated heterocycles. The maximum absolute atomic E-state index is 5.78. The molecule has 3 unspecified atom stereocenters. The van der Waals surface area contributed by atoms with E-state index in [1.165, 1.54) is 19.3 Å². The van der Waals surface area contributed by atoms with E-state index in [0.717, 1.165) is 0 Å². The lowest BCUT2D eigenvalue weighted by Crippen LogP contribution is -2.30. The topological polar surface area (TPSA) is 9.23 Å². The zero-order chi connectivity index (χ0) is 8.77. The molecule has 0 aromatic carbocycles. The van der Waals surface area contributed by atoms with Crippen molar-refractivity contribution in [1.29, 1.82) is 0 Å². The van der Waals surface area contributed by atoms with E-state index >= 15 is 0 Å². The molecule has 2 bridgehead atoms. The Balaban J connectivity index is 2.13. The Morgan fingerprint density at radius 1 is 1.42 bits per heavy atom. The van der Waals surface area contributed by atoms with Crippen molar-refractivity contribution in [1.82, 2.24) is 0 Å². The van der Waals surface area contributed by atoms with Gasteiger partial charge >= 0.3 is 0 Å². The first-order valence-corrected chi connectivity index (χ1v) is 4.77. The summed E-state index contributed by atoms with van der Waals surface area (Å²) in [5.74, 6) is 3.49. The molecule has 1 heteroatoms. The first kappa shape index (κ1) is 8.13. The van der Waals surface area contributed by atoms with Gasteiger partial charge in [-0.15, -0.1) is 12.3 Å². The maximum Gasteiger partial charge on any atom is 0.0623 e. The van der Waals surface area contributed by atoms with Crippen LogP contribution in [0.25, 0.3) is 0 Å². The highest BCUT2D eigenvalue weighted by molar-refractivity contribution is 5.09. The molecule has 0 radical (unpaired) electrons. The van der Waals surface area contributed by atoms with Crippen molar-refractivity contribution in [3.63, 3.8) is 0 Å². The largest absolute Gasteiger partial charge is 0.375 e. The van der Waals surface area contributed by atoms with Gasteiger partial charge in [0.05, 0.1) is 12.2 Å². The molecule has 0 saturated carbocycles. The van der Waals surface area contributed by atoms with Gasteiger partial charge in [-0.05, 0) is 33.1 Å². The van der Waals surface area contributed by atoms with Crippen molar-refractivity contribution in [2.24, 2.45) is 11.3 Å². The number of terminal acetylenes is 1. The summed E-state index contributed by atoms with van der Waals surface area (Å²) in [4.78, 5) is 0. The molecule has 2 heterocycles. The molecule has 0 aromatic rings. The van der Waals surface area contributed by atoms with E-state index in [1.807, 2.05) is 0 Å². The fourth-order valence-corrected chi connectivity index (χ4v) is 2.50. The predicted molar refractivity (Wildman–Crippen MR) is 48.6 cm³/mol. The molecule has 0 amide bonds. The van der Waals surface area contributed by atoms with Crippen LogP contribution in [0.3, 0.4) is 0 Å². The van der Waals surface area contributed by atoms with Crippen LogP contribution in [0, 0.1) is 23.7 Å². The highest BCUT2D eigenvalue weighted by Crippen LogP contribution is 2.46. The predicted octanol–water partition coefficient (Wildman–Crippen LogP) is 2.21. The Morgan fingerprint density at radius 3 is 2.58 bits per heavy atom. The molecule has 0 aromatic heterocycles. The van der Waals surface area contributed by atoms with Crippen LogP contribution in [0.4, 0.5) is 0 Å². The normalized spacial score (nSPS) is 39.9. The lowest BCUT2D eigenvalue weighted by atomic mass is 9.71. The van der Waals surface area contributed by atoms with Crippen LogP contribution in [0.5, 0.6) is 0 Å². The van der Waals surface area contributed by atoms with Gasteiger partial charge in [-0.25, -0.2) is 0 Å². The van der Waals surface area contributed by atoms with Crippen LogP contribution in [0.15, 0.2) is 0 Å². The summed E-state index contributed by atoms with van der Waals surface area (Å²) in [6.45, 7) is 4.31. The number of ether oxygens (including phenoxy) is 1. The van der Waals surface area contributed by atoms with Gasteiger partial charge in [-0.2, -0.15) is 0 Å². The van der Waals surface area contributed by atoms with E-state index in [9.17, 15) is 0 Å². The van der Waals surface area contributed by atoms with Crippen molar-refractivity contribution in [3.05, 3.63) is 0 Å². The van der Waals surface area contributed by atoms with Gasteiger partial charge in [0.1, 0.15) is 0 Å². The second-order valence-electron chi connectivity index (χ2n) is 4.58. The average Bonchev–Trinajstić information content (AvgIpc) is 2.64. The third kappa shape index (κ3) is 1.06. The monoisotopic (exact) mass is 164 g/mol. The minimum Gasteiger partial charge on any atom is -0.375 e. The number of fused-ring (bicyclic) bond motifs is 2. The van der Waals surface area contributed by atoms with Crippen LogP contribution in [0.2, 0.25) is 0 Å². The van der Waals surface area contributed by atoms with Crippen LogP contribution >= 0.6 is 0 Å². The van der Waals surface area contributed by atoms with Crippen LogP contribution in [-0.4, -0.2) is 12.2 Å². The summed E-state index contributed by atoms with van der Waals surface area (Å²) in [5.41, 5.74) is 0.0276. The smallest absolute Gasteiger partial charge is 0.0623 e.